The molecule has 3 heterocycles. The lowest BCUT2D eigenvalue weighted by molar-refractivity contribution is 0.475. The van der Waals surface area contributed by atoms with E-state index in [1.165, 1.54) is 17.4 Å². The molecule has 5 aromatic rings. The Morgan fingerprint density at radius 3 is 2.67 bits per heavy atom. The maximum Gasteiger partial charge on any atom is 0.336 e. The van der Waals surface area contributed by atoms with Crippen LogP contribution in [0.5, 0.6) is 5.75 Å². The minimum absolute atomic E-state index is 0.0618. The van der Waals surface area contributed by atoms with E-state index in [0.29, 0.717) is 32.3 Å². The van der Waals surface area contributed by atoms with Gasteiger partial charge in [0.1, 0.15) is 11.4 Å². The van der Waals surface area contributed by atoms with Gasteiger partial charge in [0.15, 0.2) is 10.6 Å². The summed E-state index contributed by atoms with van der Waals surface area (Å²) in [5.41, 5.74) is 8.44. The van der Waals surface area contributed by atoms with E-state index in [2.05, 4.69) is 10.2 Å². The second-order valence-corrected chi connectivity index (χ2v) is 7.71. The van der Waals surface area contributed by atoms with Gasteiger partial charge >= 0.3 is 5.63 Å². The van der Waals surface area contributed by atoms with E-state index >= 15 is 0 Å². The molecule has 3 aromatic heterocycles. The Labute approximate surface area is 173 Å². The number of phenolic OH excluding ortho intramolecular Hbond substituents is 1. The first-order valence-electron chi connectivity index (χ1n) is 9.02. The third-order valence-corrected chi connectivity index (χ3v) is 5.53. The number of aromatic hydroxyl groups is 1. The third kappa shape index (κ3) is 2.92. The van der Waals surface area contributed by atoms with Gasteiger partial charge in [-0.1, -0.05) is 29.5 Å². The fraction of sp³-hybridized carbons (Fsp3) is 0.0476. The zero-order valence-electron chi connectivity index (χ0n) is 15.7. The maximum atomic E-state index is 12.1. The van der Waals surface area contributed by atoms with Crippen molar-refractivity contribution in [3.63, 3.8) is 0 Å². The molecule has 5 rings (SSSR count). The zero-order valence-corrected chi connectivity index (χ0v) is 16.6. The monoisotopic (exact) mass is 417 g/mol. The lowest BCUT2D eigenvalue weighted by Gasteiger charge is -2.08. The van der Waals surface area contributed by atoms with Crippen LogP contribution in [-0.2, 0) is 0 Å². The van der Waals surface area contributed by atoms with Gasteiger partial charge in [-0.15, -0.1) is 10.2 Å². The van der Waals surface area contributed by atoms with Crippen molar-refractivity contribution in [1.82, 2.24) is 20.0 Å². The summed E-state index contributed by atoms with van der Waals surface area (Å²) in [6, 6.07) is 14.2. The minimum atomic E-state index is -0.504. The molecule has 0 bridgehead atoms. The number of para-hydroxylation sites is 1. The van der Waals surface area contributed by atoms with Gasteiger partial charge in [-0.3, -0.25) is 0 Å². The molecule has 0 fully saturated rings. The van der Waals surface area contributed by atoms with Gasteiger partial charge < -0.3 is 15.3 Å². The number of aromatic nitrogens is 4. The summed E-state index contributed by atoms with van der Waals surface area (Å²) in [6.07, 6.45) is 1.79. The Kier molecular flexibility index (Phi) is 4.11. The van der Waals surface area contributed by atoms with Crippen molar-refractivity contribution in [3.8, 4) is 33.3 Å². The van der Waals surface area contributed by atoms with Gasteiger partial charge in [-0.05, 0) is 36.8 Å². The molecule has 0 radical (unpaired) electrons. The summed E-state index contributed by atoms with van der Waals surface area (Å²) in [6.45, 7) is 1.81. The van der Waals surface area contributed by atoms with E-state index in [-0.39, 0.29) is 11.3 Å². The highest BCUT2D eigenvalue weighted by molar-refractivity contribution is 7.18. The van der Waals surface area contributed by atoms with Crippen LogP contribution in [0.2, 0.25) is 0 Å². The van der Waals surface area contributed by atoms with E-state index < -0.39 is 5.63 Å². The van der Waals surface area contributed by atoms with Crippen LogP contribution in [0.1, 0.15) is 5.56 Å². The highest BCUT2D eigenvalue weighted by atomic mass is 32.1. The van der Waals surface area contributed by atoms with Crippen molar-refractivity contribution < 1.29 is 9.52 Å². The Morgan fingerprint density at radius 2 is 1.93 bits per heavy atom. The Morgan fingerprint density at radius 1 is 1.13 bits per heavy atom. The number of hydrogen-bond donors (Lipinski definition) is 2. The minimum Gasteiger partial charge on any atom is -0.507 e. The Hall–Kier alpha value is -3.98. The molecule has 30 heavy (non-hydrogen) atoms. The highest BCUT2D eigenvalue weighted by Gasteiger charge is 2.23. The molecule has 0 aliphatic heterocycles. The number of rotatable bonds is 3. The van der Waals surface area contributed by atoms with Crippen LogP contribution in [0.15, 0.2) is 63.9 Å². The summed E-state index contributed by atoms with van der Waals surface area (Å²) in [5.74, 6) is -0.0618. The summed E-state index contributed by atoms with van der Waals surface area (Å²) in [5, 5.41) is 25.0. The Bertz CT molecular complexity index is 1450. The highest BCUT2D eigenvalue weighted by Crippen LogP contribution is 2.42. The normalized spacial score (nSPS) is 11.2. The number of benzene rings is 2. The molecule has 0 amide bonds. The average Bonchev–Trinajstić information content (AvgIpc) is 3.34. The molecule has 2 aromatic carbocycles. The van der Waals surface area contributed by atoms with Crippen molar-refractivity contribution >= 4 is 27.4 Å². The summed E-state index contributed by atoms with van der Waals surface area (Å²) in [7, 11) is 0. The van der Waals surface area contributed by atoms with E-state index in [1.807, 2.05) is 37.3 Å². The molecule has 148 valence electrons. The van der Waals surface area contributed by atoms with Crippen molar-refractivity contribution in [2.45, 2.75) is 6.92 Å². The largest absolute Gasteiger partial charge is 0.507 e. The summed E-state index contributed by atoms with van der Waals surface area (Å²) < 4.78 is 7.17. The van der Waals surface area contributed by atoms with Gasteiger partial charge in [0.2, 0.25) is 5.13 Å². The molecular weight excluding hydrogens is 402 g/mol. The fourth-order valence-electron chi connectivity index (χ4n) is 3.37. The number of nitrogens with zero attached hydrogens (tertiary/aromatic N) is 4. The molecule has 0 saturated heterocycles. The van der Waals surface area contributed by atoms with Crippen LogP contribution >= 0.6 is 11.3 Å². The predicted molar refractivity (Wildman–Crippen MR) is 115 cm³/mol. The fourth-order valence-corrected chi connectivity index (χ4v) is 3.99. The van der Waals surface area contributed by atoms with Crippen LogP contribution < -0.4 is 11.4 Å². The first-order chi connectivity index (χ1) is 14.5. The number of fused-ring (bicyclic) bond motifs is 1. The van der Waals surface area contributed by atoms with E-state index in [0.717, 1.165) is 11.3 Å². The molecule has 0 unspecified atom stereocenters. The zero-order chi connectivity index (χ0) is 20.8. The standard InChI is InChI=1S/C21H15N5O3S/c1-11-9-16(28)29-19-13(11)7-8-15(27)17(19)18-14(20-23-24-21(22)30-20)10-26(25-18)12-5-3-2-4-6-12/h2-10,27H,1H3,(H2,22,24). The number of hydrogen-bond acceptors (Lipinski definition) is 8. The van der Waals surface area contributed by atoms with Gasteiger partial charge in [0.25, 0.3) is 0 Å². The SMILES string of the molecule is Cc1cc(=O)oc2c(-c3nn(-c4ccccc4)cc3-c3nnc(N)s3)c(O)ccc12. The summed E-state index contributed by atoms with van der Waals surface area (Å²) in [4.78, 5) is 12.1. The topological polar surface area (TPSA) is 120 Å². The molecular formula is C21H15N5O3S. The molecule has 9 heteroatoms. The molecule has 0 saturated carbocycles. The number of nitrogen functional groups attached to an aromatic ring is 1. The van der Waals surface area contributed by atoms with Gasteiger partial charge in [0.05, 0.1) is 16.8 Å². The van der Waals surface area contributed by atoms with Crippen LogP contribution in [0.3, 0.4) is 0 Å². The van der Waals surface area contributed by atoms with Crippen molar-refractivity contribution in [2.24, 2.45) is 0 Å². The summed E-state index contributed by atoms with van der Waals surface area (Å²) >= 11 is 1.20. The molecule has 3 N–H and O–H groups in total. The molecule has 8 nitrogen and oxygen atoms in total. The van der Waals surface area contributed by atoms with Crippen molar-refractivity contribution in [1.29, 1.82) is 0 Å². The average molecular weight is 417 g/mol. The molecule has 0 aliphatic rings. The van der Waals surface area contributed by atoms with E-state index in [1.54, 1.807) is 23.0 Å². The molecule has 0 spiro atoms. The van der Waals surface area contributed by atoms with E-state index in [9.17, 15) is 9.90 Å². The van der Waals surface area contributed by atoms with Crippen LogP contribution in [0, 0.1) is 6.92 Å². The third-order valence-electron chi connectivity index (χ3n) is 4.74. The number of phenols is 1. The smallest absolute Gasteiger partial charge is 0.336 e. The van der Waals surface area contributed by atoms with Crippen LogP contribution in [0.25, 0.3) is 38.5 Å². The van der Waals surface area contributed by atoms with Crippen molar-refractivity contribution in [2.75, 3.05) is 5.73 Å². The van der Waals surface area contributed by atoms with E-state index in [4.69, 9.17) is 15.2 Å². The Balaban J connectivity index is 1.86. The number of nitrogens with two attached hydrogens (primary N) is 1. The predicted octanol–water partition coefficient (Wildman–Crippen LogP) is 3.76. The quantitative estimate of drug-likeness (QED) is 0.429. The lowest BCUT2D eigenvalue weighted by Crippen LogP contribution is -2.00. The maximum absolute atomic E-state index is 12.1. The van der Waals surface area contributed by atoms with Crippen molar-refractivity contribution in [3.05, 3.63) is 70.7 Å². The van der Waals surface area contributed by atoms with Crippen LogP contribution in [0.4, 0.5) is 5.13 Å². The second-order valence-electron chi connectivity index (χ2n) is 6.70. The lowest BCUT2D eigenvalue weighted by atomic mass is 10.0. The van der Waals surface area contributed by atoms with Gasteiger partial charge in [-0.25, -0.2) is 9.48 Å². The van der Waals surface area contributed by atoms with Gasteiger partial charge in [-0.2, -0.15) is 5.10 Å². The molecule has 0 aliphatic carbocycles. The second kappa shape index (κ2) is 6.82. The first kappa shape index (κ1) is 18.1. The van der Waals surface area contributed by atoms with Crippen LogP contribution in [-0.4, -0.2) is 25.1 Å². The first-order valence-corrected chi connectivity index (χ1v) is 9.84. The number of aryl methyl sites for hydroxylation is 1. The molecule has 0 atom stereocenters. The number of anilines is 1. The van der Waals surface area contributed by atoms with Gasteiger partial charge in [0, 0.05) is 17.6 Å².